The molecule has 3 heterocycles. The van der Waals surface area contributed by atoms with Crippen molar-refractivity contribution in [3.8, 4) is 28.5 Å². The lowest BCUT2D eigenvalue weighted by molar-refractivity contribution is 0.884. The lowest BCUT2D eigenvalue weighted by Crippen LogP contribution is -2.00. The van der Waals surface area contributed by atoms with E-state index in [1.807, 2.05) is 36.4 Å². The molecule has 3 aromatic heterocycles. The van der Waals surface area contributed by atoms with Gasteiger partial charge in [-0.05, 0) is 55.8 Å². The third-order valence-corrected chi connectivity index (χ3v) is 7.30. The van der Waals surface area contributed by atoms with E-state index in [0.717, 1.165) is 43.7 Å². The predicted octanol–water partition coefficient (Wildman–Crippen LogP) is 6.46. The summed E-state index contributed by atoms with van der Waals surface area (Å²) in [6, 6.07) is 20.5. The van der Waals surface area contributed by atoms with Gasteiger partial charge in [-0.25, -0.2) is 4.98 Å². The van der Waals surface area contributed by atoms with Crippen molar-refractivity contribution in [2.45, 2.75) is 30.3 Å². The maximum absolute atomic E-state index is 4.82. The zero-order valence-electron chi connectivity index (χ0n) is 17.5. The molecule has 0 aliphatic carbocycles. The van der Waals surface area contributed by atoms with Gasteiger partial charge in [0.05, 0.1) is 11.4 Å². The number of H-pyrrole nitrogens is 1. The van der Waals surface area contributed by atoms with E-state index in [2.05, 4.69) is 70.2 Å². The van der Waals surface area contributed by atoms with Crippen molar-refractivity contribution >= 4 is 23.1 Å². The molecule has 0 aliphatic heterocycles. The number of rotatable bonds is 5. The Bertz CT molecular complexity index is 1330. The Labute approximate surface area is 189 Å². The Hall–Kier alpha value is -3.16. The maximum atomic E-state index is 4.82. The summed E-state index contributed by atoms with van der Waals surface area (Å²) in [5, 5.41) is 12.0. The van der Waals surface area contributed by atoms with Crippen LogP contribution in [0.2, 0.25) is 0 Å². The van der Waals surface area contributed by atoms with Gasteiger partial charge in [-0.15, -0.1) is 21.5 Å². The third-order valence-electron chi connectivity index (χ3n) is 5.42. The van der Waals surface area contributed by atoms with Crippen LogP contribution in [0.5, 0.6) is 0 Å². The van der Waals surface area contributed by atoms with E-state index in [9.17, 15) is 0 Å². The van der Waals surface area contributed by atoms with Gasteiger partial charge in [0.1, 0.15) is 0 Å². The van der Waals surface area contributed by atoms with Gasteiger partial charge in [0.25, 0.3) is 0 Å². The van der Waals surface area contributed by atoms with Crippen LogP contribution >= 0.6 is 23.1 Å². The second-order valence-electron chi connectivity index (χ2n) is 7.32. The molecule has 0 atom stereocenters. The Balaban J connectivity index is 1.58. The lowest BCUT2D eigenvalue weighted by Gasteiger charge is -2.09. The standard InChI is InChI=1S/C24H21N5S2/c1-15-16(2)21(25-17(15)3)22-27-28-23(29(22)19-12-8-5-9-13-19)31-24-26-20(14-30-24)18-10-6-4-7-11-18/h4-14,25H,1-3H3. The molecule has 0 unspecified atom stereocenters. The molecule has 0 saturated carbocycles. The number of para-hydroxylation sites is 1. The molecule has 5 aromatic rings. The molecule has 0 saturated heterocycles. The first-order valence-electron chi connectivity index (χ1n) is 9.97. The Kier molecular flexibility index (Phi) is 5.21. The van der Waals surface area contributed by atoms with E-state index < -0.39 is 0 Å². The first-order chi connectivity index (χ1) is 15.1. The number of nitrogens with one attached hydrogen (secondary N) is 1. The molecule has 0 spiro atoms. The van der Waals surface area contributed by atoms with Crippen LogP contribution in [0.4, 0.5) is 0 Å². The second-order valence-corrected chi connectivity index (χ2v) is 9.39. The van der Waals surface area contributed by atoms with E-state index in [1.165, 1.54) is 22.9 Å². The SMILES string of the molecule is Cc1[nH]c(-c2nnc(Sc3nc(-c4ccccc4)cs3)n2-c2ccccc2)c(C)c1C. The molecule has 0 aliphatic rings. The molecular formula is C24H21N5S2. The summed E-state index contributed by atoms with van der Waals surface area (Å²) in [5.41, 5.74) is 7.71. The molecule has 0 radical (unpaired) electrons. The summed E-state index contributed by atoms with van der Waals surface area (Å²) in [7, 11) is 0. The number of benzene rings is 2. The molecule has 0 amide bonds. The van der Waals surface area contributed by atoms with Crippen molar-refractivity contribution < 1.29 is 0 Å². The minimum absolute atomic E-state index is 0.791. The van der Waals surface area contributed by atoms with Crippen LogP contribution in [0.3, 0.4) is 0 Å². The van der Waals surface area contributed by atoms with Crippen molar-refractivity contribution in [1.82, 2.24) is 24.7 Å². The number of hydrogen-bond donors (Lipinski definition) is 1. The highest BCUT2D eigenvalue weighted by molar-refractivity contribution is 8.00. The molecular weight excluding hydrogens is 422 g/mol. The van der Waals surface area contributed by atoms with Crippen LogP contribution < -0.4 is 0 Å². The number of nitrogens with zero attached hydrogens (tertiary/aromatic N) is 4. The smallest absolute Gasteiger partial charge is 0.203 e. The Morgan fingerprint density at radius 2 is 1.58 bits per heavy atom. The topological polar surface area (TPSA) is 59.4 Å². The van der Waals surface area contributed by atoms with Crippen LogP contribution in [-0.2, 0) is 0 Å². The molecule has 2 aromatic carbocycles. The number of aromatic amines is 1. The summed E-state index contributed by atoms with van der Waals surface area (Å²) >= 11 is 3.16. The predicted molar refractivity (Wildman–Crippen MR) is 127 cm³/mol. The lowest BCUT2D eigenvalue weighted by atomic mass is 10.1. The van der Waals surface area contributed by atoms with Crippen molar-refractivity contribution in [3.63, 3.8) is 0 Å². The van der Waals surface area contributed by atoms with Crippen LogP contribution in [0.15, 0.2) is 75.5 Å². The highest BCUT2D eigenvalue weighted by Crippen LogP contribution is 2.36. The van der Waals surface area contributed by atoms with Crippen molar-refractivity contribution in [1.29, 1.82) is 0 Å². The summed E-state index contributed by atoms with van der Waals surface area (Å²) in [6.45, 7) is 6.34. The van der Waals surface area contributed by atoms with E-state index in [0.29, 0.717) is 0 Å². The zero-order chi connectivity index (χ0) is 21.4. The fraction of sp³-hybridized carbons (Fsp3) is 0.125. The third kappa shape index (κ3) is 3.71. The van der Waals surface area contributed by atoms with Gasteiger partial charge in [0, 0.05) is 22.3 Å². The minimum Gasteiger partial charge on any atom is -0.356 e. The van der Waals surface area contributed by atoms with Gasteiger partial charge in [-0.3, -0.25) is 4.57 Å². The van der Waals surface area contributed by atoms with Gasteiger partial charge in [0.15, 0.2) is 10.2 Å². The minimum atomic E-state index is 0.791. The van der Waals surface area contributed by atoms with E-state index >= 15 is 0 Å². The highest BCUT2D eigenvalue weighted by atomic mass is 32.2. The fourth-order valence-electron chi connectivity index (χ4n) is 3.50. The van der Waals surface area contributed by atoms with E-state index in [4.69, 9.17) is 4.98 Å². The summed E-state index contributed by atoms with van der Waals surface area (Å²) in [6.07, 6.45) is 0. The molecule has 5 nitrogen and oxygen atoms in total. The molecule has 1 N–H and O–H groups in total. The Morgan fingerprint density at radius 3 is 2.26 bits per heavy atom. The summed E-state index contributed by atoms with van der Waals surface area (Å²) in [4.78, 5) is 8.32. The second kappa shape index (κ2) is 8.17. The quantitative estimate of drug-likeness (QED) is 0.338. The van der Waals surface area contributed by atoms with Crippen molar-refractivity contribution in [2.75, 3.05) is 0 Å². The van der Waals surface area contributed by atoms with Crippen molar-refractivity contribution in [3.05, 3.63) is 82.9 Å². The molecule has 5 rings (SSSR count). The monoisotopic (exact) mass is 443 g/mol. The zero-order valence-corrected chi connectivity index (χ0v) is 19.1. The largest absolute Gasteiger partial charge is 0.356 e. The van der Waals surface area contributed by atoms with Gasteiger partial charge in [0.2, 0.25) is 5.16 Å². The number of thiazole rings is 1. The first-order valence-corrected chi connectivity index (χ1v) is 11.7. The van der Waals surface area contributed by atoms with Gasteiger partial charge < -0.3 is 4.98 Å². The van der Waals surface area contributed by atoms with Gasteiger partial charge in [-0.1, -0.05) is 48.5 Å². The van der Waals surface area contributed by atoms with Crippen LogP contribution in [0, 0.1) is 20.8 Å². The first kappa shape index (κ1) is 19.8. The fourth-order valence-corrected chi connectivity index (χ4v) is 5.28. The number of hydrogen-bond acceptors (Lipinski definition) is 5. The molecule has 7 heteroatoms. The summed E-state index contributed by atoms with van der Waals surface area (Å²) in [5.74, 6) is 0.808. The average molecular weight is 444 g/mol. The van der Waals surface area contributed by atoms with Crippen LogP contribution in [0.25, 0.3) is 28.5 Å². The van der Waals surface area contributed by atoms with E-state index in [1.54, 1.807) is 11.3 Å². The van der Waals surface area contributed by atoms with Crippen LogP contribution in [-0.4, -0.2) is 24.7 Å². The average Bonchev–Trinajstić information content (AvgIpc) is 3.50. The number of aryl methyl sites for hydroxylation is 1. The molecule has 0 fully saturated rings. The van der Waals surface area contributed by atoms with E-state index in [-0.39, 0.29) is 0 Å². The van der Waals surface area contributed by atoms with Gasteiger partial charge >= 0.3 is 0 Å². The Morgan fingerprint density at radius 1 is 0.871 bits per heavy atom. The number of aromatic nitrogens is 5. The molecule has 154 valence electrons. The summed E-state index contributed by atoms with van der Waals surface area (Å²) < 4.78 is 3.04. The maximum Gasteiger partial charge on any atom is 0.203 e. The van der Waals surface area contributed by atoms with Gasteiger partial charge in [-0.2, -0.15) is 0 Å². The molecule has 31 heavy (non-hydrogen) atoms. The van der Waals surface area contributed by atoms with Crippen LogP contribution in [0.1, 0.15) is 16.8 Å². The highest BCUT2D eigenvalue weighted by Gasteiger charge is 2.21. The van der Waals surface area contributed by atoms with Crippen molar-refractivity contribution in [2.24, 2.45) is 0 Å². The molecule has 0 bridgehead atoms. The normalized spacial score (nSPS) is 11.2.